The molecule has 0 bridgehead atoms. The van der Waals surface area contributed by atoms with Gasteiger partial charge in [0.2, 0.25) is 0 Å². The van der Waals surface area contributed by atoms with Crippen molar-refractivity contribution in [1.29, 1.82) is 0 Å². The normalized spacial score (nSPS) is 13.9. The summed E-state index contributed by atoms with van der Waals surface area (Å²) in [6, 6.07) is 7.54. The Hall–Kier alpha value is -0.800. The maximum Gasteiger partial charge on any atom is 0.156 e. The highest BCUT2D eigenvalue weighted by molar-refractivity contribution is 6.38. The largest absolute Gasteiger partial charge is 0.488 e. The van der Waals surface area contributed by atoms with Crippen LogP contribution in [0.25, 0.3) is 0 Å². The van der Waals surface area contributed by atoms with Gasteiger partial charge in [0, 0.05) is 5.41 Å². The van der Waals surface area contributed by atoms with Crippen molar-refractivity contribution in [2.24, 2.45) is 0 Å². The van der Waals surface area contributed by atoms with Crippen molar-refractivity contribution in [3.63, 3.8) is 0 Å². The third-order valence-electron chi connectivity index (χ3n) is 5.23. The molecule has 2 nitrogen and oxygen atoms in total. The van der Waals surface area contributed by atoms with Crippen LogP contribution in [-0.4, -0.2) is 12.2 Å². The second-order valence-corrected chi connectivity index (χ2v) is 9.47. The lowest BCUT2D eigenvalue weighted by Crippen LogP contribution is -2.20. The molecular weight excluding hydrogens is 450 g/mol. The lowest BCUT2D eigenvalue weighted by atomic mass is 9.78. The summed E-state index contributed by atoms with van der Waals surface area (Å²) >= 11 is 26.0. The van der Waals surface area contributed by atoms with Crippen LogP contribution in [0.4, 0.5) is 0 Å². The first-order valence-electron chi connectivity index (χ1n) is 9.83. The Bertz CT molecular complexity index is 748. The summed E-state index contributed by atoms with van der Waals surface area (Å²) in [6.07, 6.45) is 1.78. The molecule has 29 heavy (non-hydrogen) atoms. The molecule has 0 aliphatic rings. The van der Waals surface area contributed by atoms with Gasteiger partial charge in [-0.2, -0.15) is 0 Å². The van der Waals surface area contributed by atoms with E-state index in [1.165, 1.54) is 0 Å². The molecule has 2 rings (SSSR count). The van der Waals surface area contributed by atoms with E-state index in [0.717, 1.165) is 24.0 Å². The van der Waals surface area contributed by atoms with Crippen molar-refractivity contribution < 1.29 is 9.47 Å². The van der Waals surface area contributed by atoms with E-state index < -0.39 is 5.41 Å². The Morgan fingerprint density at radius 3 is 1.21 bits per heavy atom. The molecule has 0 aromatic heterocycles. The molecule has 2 atom stereocenters. The minimum atomic E-state index is -0.440. The smallest absolute Gasteiger partial charge is 0.156 e. The Kier molecular flexibility index (Phi) is 8.44. The van der Waals surface area contributed by atoms with E-state index in [2.05, 4.69) is 13.8 Å². The molecule has 0 N–H and O–H groups in total. The third kappa shape index (κ3) is 5.67. The molecule has 2 aromatic carbocycles. The highest BCUT2D eigenvalue weighted by atomic mass is 35.5. The highest BCUT2D eigenvalue weighted by Gasteiger charge is 2.28. The van der Waals surface area contributed by atoms with Gasteiger partial charge < -0.3 is 9.47 Å². The van der Waals surface area contributed by atoms with Crippen LogP contribution in [-0.2, 0) is 5.41 Å². The monoisotopic (exact) mass is 476 g/mol. The second kappa shape index (κ2) is 10.0. The van der Waals surface area contributed by atoms with E-state index in [9.17, 15) is 0 Å². The van der Waals surface area contributed by atoms with Crippen LogP contribution >= 0.6 is 46.4 Å². The van der Waals surface area contributed by atoms with Crippen LogP contribution < -0.4 is 9.47 Å². The molecule has 0 saturated carbocycles. The van der Waals surface area contributed by atoms with Crippen molar-refractivity contribution in [3.8, 4) is 11.5 Å². The minimum Gasteiger partial charge on any atom is -0.488 e. The summed E-state index contributed by atoms with van der Waals surface area (Å²) in [7, 11) is 0. The van der Waals surface area contributed by atoms with Gasteiger partial charge in [-0.1, -0.05) is 74.1 Å². The lowest BCUT2D eigenvalue weighted by Gasteiger charge is -2.28. The van der Waals surface area contributed by atoms with Crippen LogP contribution in [0.3, 0.4) is 0 Å². The molecule has 0 aliphatic heterocycles. The van der Waals surface area contributed by atoms with E-state index in [-0.39, 0.29) is 12.2 Å². The van der Waals surface area contributed by atoms with Gasteiger partial charge in [-0.3, -0.25) is 0 Å². The molecule has 0 radical (unpaired) electrons. The molecule has 0 spiro atoms. The first-order valence-corrected chi connectivity index (χ1v) is 11.3. The molecule has 0 fully saturated rings. The zero-order valence-corrected chi connectivity index (χ0v) is 20.7. The van der Waals surface area contributed by atoms with Crippen LogP contribution in [0.2, 0.25) is 20.1 Å². The SMILES string of the molecule is CCC(C)Oc1c(Cl)cc(C(C)(C)c2cc(Cl)c(OC(C)CC)c(Cl)c2)cc1Cl. The average molecular weight is 478 g/mol. The molecule has 0 amide bonds. The lowest BCUT2D eigenvalue weighted by molar-refractivity contribution is 0.217. The summed E-state index contributed by atoms with van der Waals surface area (Å²) < 4.78 is 11.8. The molecule has 0 saturated heterocycles. The third-order valence-corrected chi connectivity index (χ3v) is 6.35. The Balaban J connectivity index is 2.45. The quantitative estimate of drug-likeness (QED) is 0.377. The van der Waals surface area contributed by atoms with E-state index in [4.69, 9.17) is 55.9 Å². The average Bonchev–Trinajstić information content (AvgIpc) is 2.66. The van der Waals surface area contributed by atoms with Gasteiger partial charge in [-0.25, -0.2) is 0 Å². The van der Waals surface area contributed by atoms with Gasteiger partial charge in [-0.05, 0) is 62.1 Å². The summed E-state index contributed by atoms with van der Waals surface area (Å²) in [5.74, 6) is 1.02. The Morgan fingerprint density at radius 2 is 0.966 bits per heavy atom. The van der Waals surface area contributed by atoms with Crippen LogP contribution in [0.1, 0.15) is 65.5 Å². The second-order valence-electron chi connectivity index (χ2n) is 7.84. The predicted octanol–water partition coefficient (Wildman–Crippen LogP) is 8.98. The van der Waals surface area contributed by atoms with Gasteiger partial charge in [0.25, 0.3) is 0 Å². The zero-order chi connectivity index (χ0) is 21.9. The fraction of sp³-hybridized carbons (Fsp3) is 0.478. The number of rotatable bonds is 8. The maximum absolute atomic E-state index is 6.51. The fourth-order valence-electron chi connectivity index (χ4n) is 2.80. The van der Waals surface area contributed by atoms with Crippen LogP contribution in [0, 0.1) is 0 Å². The minimum absolute atomic E-state index is 0.0273. The maximum atomic E-state index is 6.51. The molecular formula is C23H28Cl4O2. The zero-order valence-electron chi connectivity index (χ0n) is 17.7. The van der Waals surface area contributed by atoms with Gasteiger partial charge in [0.05, 0.1) is 32.3 Å². The van der Waals surface area contributed by atoms with Crippen molar-refractivity contribution in [1.82, 2.24) is 0 Å². The van der Waals surface area contributed by atoms with Crippen molar-refractivity contribution in [2.75, 3.05) is 0 Å². The number of benzene rings is 2. The van der Waals surface area contributed by atoms with Gasteiger partial charge in [0.15, 0.2) is 11.5 Å². The predicted molar refractivity (Wildman–Crippen MR) is 126 cm³/mol. The van der Waals surface area contributed by atoms with Crippen LogP contribution in [0.15, 0.2) is 24.3 Å². The molecule has 0 heterocycles. The molecule has 0 aliphatic carbocycles. The first kappa shape index (κ1) is 24.5. The summed E-state index contributed by atoms with van der Waals surface area (Å²) in [6.45, 7) is 12.2. The standard InChI is InChI=1S/C23H28Cl4O2/c1-7-13(3)28-21-17(24)9-15(10-18(21)25)23(5,6)16-11-19(26)22(20(27)12-16)29-14(4)8-2/h9-14H,7-8H2,1-6H3. The topological polar surface area (TPSA) is 18.5 Å². The molecule has 2 aromatic rings. The Labute approximate surface area is 194 Å². The molecule has 160 valence electrons. The number of hydrogen-bond acceptors (Lipinski definition) is 2. The number of halogens is 4. The van der Waals surface area contributed by atoms with E-state index in [1.807, 2.05) is 52.0 Å². The molecule has 2 unspecified atom stereocenters. The highest BCUT2D eigenvalue weighted by Crippen LogP contribution is 2.44. The van der Waals surface area contributed by atoms with E-state index >= 15 is 0 Å². The van der Waals surface area contributed by atoms with Gasteiger partial charge >= 0.3 is 0 Å². The van der Waals surface area contributed by atoms with Gasteiger partial charge in [0.1, 0.15) is 0 Å². The first-order chi connectivity index (χ1) is 13.5. The molecule has 6 heteroatoms. The van der Waals surface area contributed by atoms with Crippen molar-refractivity contribution in [2.45, 2.75) is 72.0 Å². The number of hydrogen-bond donors (Lipinski definition) is 0. The summed E-state index contributed by atoms with van der Waals surface area (Å²) in [5.41, 5.74) is 1.43. The van der Waals surface area contributed by atoms with Crippen molar-refractivity contribution >= 4 is 46.4 Å². The summed E-state index contributed by atoms with van der Waals surface area (Å²) in [4.78, 5) is 0. The number of ether oxygens (including phenoxy) is 2. The van der Waals surface area contributed by atoms with E-state index in [1.54, 1.807) is 0 Å². The fourth-order valence-corrected chi connectivity index (χ4v) is 3.95. The van der Waals surface area contributed by atoms with Crippen molar-refractivity contribution in [3.05, 3.63) is 55.5 Å². The summed E-state index contributed by atoms with van der Waals surface area (Å²) in [5, 5.41) is 1.93. The Morgan fingerprint density at radius 1 is 0.690 bits per heavy atom. The van der Waals surface area contributed by atoms with Gasteiger partial charge in [-0.15, -0.1) is 0 Å². The van der Waals surface area contributed by atoms with E-state index in [0.29, 0.717) is 31.6 Å². The van der Waals surface area contributed by atoms with Crippen LogP contribution in [0.5, 0.6) is 11.5 Å².